The molecule has 3 fully saturated rings. The van der Waals surface area contributed by atoms with Crippen LogP contribution in [0.5, 0.6) is 0 Å². The Bertz CT molecular complexity index is 581. The van der Waals surface area contributed by atoms with Gasteiger partial charge in [-0.05, 0) is 50.6 Å². The third-order valence-electron chi connectivity index (χ3n) is 5.70. The van der Waals surface area contributed by atoms with Crippen molar-refractivity contribution >= 4 is 5.91 Å². The second kappa shape index (κ2) is 5.38. The first-order valence-corrected chi connectivity index (χ1v) is 8.72. The molecule has 2 saturated heterocycles. The zero-order valence-corrected chi connectivity index (χ0v) is 13.6. The highest BCUT2D eigenvalue weighted by Gasteiger charge is 2.50. The van der Waals surface area contributed by atoms with Crippen LogP contribution in [0.15, 0.2) is 24.3 Å². The zero-order chi connectivity index (χ0) is 15.2. The minimum atomic E-state index is -0.0568. The van der Waals surface area contributed by atoms with Crippen molar-refractivity contribution < 1.29 is 4.79 Å². The van der Waals surface area contributed by atoms with Gasteiger partial charge in [-0.15, -0.1) is 0 Å². The highest BCUT2D eigenvalue weighted by molar-refractivity contribution is 5.85. The number of aryl methyl sites for hydroxylation is 1. The quantitative estimate of drug-likeness (QED) is 0.853. The van der Waals surface area contributed by atoms with Crippen LogP contribution >= 0.6 is 0 Å². The SMILES string of the molecule is Cc1cccc(CN2CC[C@@]3(CCN(CC4CC4)C3)C2=O)c1. The van der Waals surface area contributed by atoms with Crippen LogP contribution in [0, 0.1) is 18.3 Å². The van der Waals surface area contributed by atoms with Crippen LogP contribution in [0.25, 0.3) is 0 Å². The maximum atomic E-state index is 13.0. The van der Waals surface area contributed by atoms with E-state index in [-0.39, 0.29) is 5.41 Å². The molecule has 1 saturated carbocycles. The van der Waals surface area contributed by atoms with Crippen molar-refractivity contribution in [1.29, 1.82) is 0 Å². The molecule has 1 spiro atoms. The van der Waals surface area contributed by atoms with Gasteiger partial charge in [0.25, 0.3) is 0 Å². The van der Waals surface area contributed by atoms with Crippen molar-refractivity contribution in [1.82, 2.24) is 9.80 Å². The van der Waals surface area contributed by atoms with Crippen LogP contribution < -0.4 is 0 Å². The number of amides is 1. The number of hydrogen-bond donors (Lipinski definition) is 0. The van der Waals surface area contributed by atoms with Crippen molar-refractivity contribution in [3.8, 4) is 0 Å². The summed E-state index contributed by atoms with van der Waals surface area (Å²) in [6.07, 6.45) is 4.93. The van der Waals surface area contributed by atoms with Crippen molar-refractivity contribution in [3.05, 3.63) is 35.4 Å². The van der Waals surface area contributed by atoms with Gasteiger partial charge < -0.3 is 9.80 Å². The summed E-state index contributed by atoms with van der Waals surface area (Å²) in [5.41, 5.74) is 2.48. The van der Waals surface area contributed by atoms with E-state index in [0.717, 1.165) is 44.9 Å². The second-order valence-corrected chi connectivity index (χ2v) is 7.67. The molecule has 0 unspecified atom stereocenters. The van der Waals surface area contributed by atoms with Gasteiger partial charge in [0.2, 0.25) is 5.91 Å². The zero-order valence-electron chi connectivity index (χ0n) is 13.6. The van der Waals surface area contributed by atoms with Gasteiger partial charge >= 0.3 is 0 Å². The molecule has 118 valence electrons. The van der Waals surface area contributed by atoms with Gasteiger partial charge in [-0.25, -0.2) is 0 Å². The molecule has 1 amide bonds. The van der Waals surface area contributed by atoms with E-state index in [9.17, 15) is 4.79 Å². The number of benzene rings is 1. The largest absolute Gasteiger partial charge is 0.338 e. The fraction of sp³-hybridized carbons (Fsp3) is 0.632. The smallest absolute Gasteiger partial charge is 0.230 e. The Morgan fingerprint density at radius 2 is 2.05 bits per heavy atom. The van der Waals surface area contributed by atoms with E-state index in [1.807, 2.05) is 0 Å². The molecule has 1 aromatic carbocycles. The molecule has 3 nitrogen and oxygen atoms in total. The molecule has 3 aliphatic rings. The van der Waals surface area contributed by atoms with Crippen molar-refractivity contribution in [2.24, 2.45) is 11.3 Å². The second-order valence-electron chi connectivity index (χ2n) is 7.67. The summed E-state index contributed by atoms with van der Waals surface area (Å²) >= 11 is 0. The summed E-state index contributed by atoms with van der Waals surface area (Å²) in [4.78, 5) is 17.6. The van der Waals surface area contributed by atoms with Crippen LogP contribution in [-0.4, -0.2) is 41.9 Å². The van der Waals surface area contributed by atoms with Crippen molar-refractivity contribution in [3.63, 3.8) is 0 Å². The van der Waals surface area contributed by atoms with E-state index in [4.69, 9.17) is 0 Å². The molecular weight excluding hydrogens is 272 g/mol. The lowest BCUT2D eigenvalue weighted by Gasteiger charge is -2.24. The molecule has 1 atom stereocenters. The van der Waals surface area contributed by atoms with E-state index in [2.05, 4.69) is 41.0 Å². The monoisotopic (exact) mass is 298 g/mol. The average Bonchev–Trinajstić information content (AvgIpc) is 3.14. The number of carbonyl (C=O) groups is 1. The molecular formula is C19H26N2O. The highest BCUT2D eigenvalue weighted by atomic mass is 16.2. The Labute approximate surface area is 133 Å². The van der Waals surface area contributed by atoms with E-state index < -0.39 is 0 Å². The van der Waals surface area contributed by atoms with E-state index >= 15 is 0 Å². The molecule has 0 bridgehead atoms. The molecule has 0 radical (unpaired) electrons. The first-order chi connectivity index (χ1) is 10.6. The molecule has 3 heteroatoms. The summed E-state index contributed by atoms with van der Waals surface area (Å²) in [5, 5.41) is 0. The van der Waals surface area contributed by atoms with Crippen LogP contribution in [0.4, 0.5) is 0 Å². The predicted octanol–water partition coefficient (Wildman–Crippen LogP) is 2.83. The fourth-order valence-corrected chi connectivity index (χ4v) is 4.23. The number of likely N-dealkylation sites (tertiary alicyclic amines) is 2. The highest BCUT2D eigenvalue weighted by Crippen LogP contribution is 2.42. The van der Waals surface area contributed by atoms with Gasteiger partial charge in [0.15, 0.2) is 0 Å². The summed E-state index contributed by atoms with van der Waals surface area (Å²) in [6, 6.07) is 8.54. The maximum Gasteiger partial charge on any atom is 0.230 e. The third-order valence-corrected chi connectivity index (χ3v) is 5.70. The van der Waals surface area contributed by atoms with Crippen LogP contribution in [0.2, 0.25) is 0 Å². The van der Waals surface area contributed by atoms with Gasteiger partial charge in [-0.2, -0.15) is 0 Å². The molecule has 22 heavy (non-hydrogen) atoms. The lowest BCUT2D eigenvalue weighted by molar-refractivity contribution is -0.136. The Kier molecular flexibility index (Phi) is 3.48. The Morgan fingerprint density at radius 1 is 1.23 bits per heavy atom. The van der Waals surface area contributed by atoms with Crippen molar-refractivity contribution in [2.75, 3.05) is 26.2 Å². The van der Waals surface area contributed by atoms with Gasteiger partial charge in [0.1, 0.15) is 0 Å². The Balaban J connectivity index is 1.41. The fourth-order valence-electron chi connectivity index (χ4n) is 4.23. The molecule has 2 heterocycles. The standard InChI is InChI=1S/C19H26N2O/c1-15-3-2-4-17(11-15)13-21-10-8-19(18(21)22)7-9-20(14-19)12-16-5-6-16/h2-4,11,16H,5-10,12-14H2,1H3/t19-/m1/s1. The first-order valence-electron chi connectivity index (χ1n) is 8.72. The van der Waals surface area contributed by atoms with E-state index in [1.54, 1.807) is 0 Å². The normalized spacial score (nSPS) is 29.0. The van der Waals surface area contributed by atoms with E-state index in [1.165, 1.54) is 30.5 Å². The summed E-state index contributed by atoms with van der Waals surface area (Å²) < 4.78 is 0. The van der Waals surface area contributed by atoms with Crippen LogP contribution in [-0.2, 0) is 11.3 Å². The summed E-state index contributed by atoms with van der Waals surface area (Å²) in [7, 11) is 0. The Morgan fingerprint density at radius 3 is 2.82 bits per heavy atom. The van der Waals surface area contributed by atoms with Crippen LogP contribution in [0.3, 0.4) is 0 Å². The van der Waals surface area contributed by atoms with E-state index in [0.29, 0.717) is 5.91 Å². The molecule has 1 aliphatic carbocycles. The van der Waals surface area contributed by atoms with Gasteiger partial charge in [-0.3, -0.25) is 4.79 Å². The first kappa shape index (κ1) is 14.3. The van der Waals surface area contributed by atoms with Crippen molar-refractivity contribution in [2.45, 2.75) is 39.2 Å². The Hall–Kier alpha value is -1.35. The summed E-state index contributed by atoms with van der Waals surface area (Å²) in [6.45, 7) is 7.19. The van der Waals surface area contributed by atoms with Gasteiger partial charge in [0.05, 0.1) is 5.41 Å². The lowest BCUT2D eigenvalue weighted by Crippen LogP contribution is -2.37. The van der Waals surface area contributed by atoms with Gasteiger partial charge in [-0.1, -0.05) is 29.8 Å². The minimum Gasteiger partial charge on any atom is -0.338 e. The molecule has 0 aromatic heterocycles. The maximum absolute atomic E-state index is 13.0. The number of nitrogens with zero attached hydrogens (tertiary/aromatic N) is 2. The molecule has 4 rings (SSSR count). The predicted molar refractivity (Wildman–Crippen MR) is 87.4 cm³/mol. The van der Waals surface area contributed by atoms with Crippen LogP contribution in [0.1, 0.15) is 36.8 Å². The lowest BCUT2D eigenvalue weighted by atomic mass is 9.85. The summed E-state index contributed by atoms with van der Waals surface area (Å²) in [5.74, 6) is 1.34. The number of carbonyl (C=O) groups excluding carboxylic acids is 1. The molecule has 0 N–H and O–H groups in total. The number of hydrogen-bond acceptors (Lipinski definition) is 2. The number of rotatable bonds is 4. The third kappa shape index (κ3) is 2.67. The average molecular weight is 298 g/mol. The molecule has 2 aliphatic heterocycles. The molecule has 1 aromatic rings. The minimum absolute atomic E-state index is 0.0568. The van der Waals surface area contributed by atoms with Gasteiger partial charge in [0, 0.05) is 26.2 Å². The topological polar surface area (TPSA) is 23.6 Å².